The maximum absolute atomic E-state index is 10.2. The number of aromatic nitrogens is 2. The third-order valence-corrected chi connectivity index (χ3v) is 3.79. The van der Waals surface area contributed by atoms with E-state index in [1.54, 1.807) is 7.11 Å². The predicted molar refractivity (Wildman–Crippen MR) is 73.4 cm³/mol. The Bertz CT molecular complexity index is 609. The Balaban J connectivity index is 2.21. The molecule has 0 saturated heterocycles. The van der Waals surface area contributed by atoms with Gasteiger partial charge in [0.2, 0.25) is 0 Å². The lowest BCUT2D eigenvalue weighted by molar-refractivity contribution is 0.0806. The highest BCUT2D eigenvalue weighted by Crippen LogP contribution is 2.37. The average Bonchev–Trinajstić information content (AvgIpc) is 2.78. The van der Waals surface area contributed by atoms with Crippen LogP contribution in [0.3, 0.4) is 0 Å². The minimum Gasteiger partial charge on any atom is -0.496 e. The fraction of sp³-hybridized carbons (Fsp3) is 0.357. The summed E-state index contributed by atoms with van der Waals surface area (Å²) >= 11 is 6.19. The van der Waals surface area contributed by atoms with E-state index in [4.69, 9.17) is 16.3 Å². The fourth-order valence-electron chi connectivity index (χ4n) is 2.58. The van der Waals surface area contributed by atoms with Crippen LogP contribution in [0.1, 0.15) is 24.8 Å². The molecule has 1 atom stereocenters. The quantitative estimate of drug-likeness (QED) is 0.918. The topological polar surface area (TPSA) is 47.3 Å². The number of benzene rings is 1. The molecule has 1 unspecified atom stereocenters. The maximum Gasteiger partial charge on any atom is 0.151 e. The highest BCUT2D eigenvalue weighted by Gasteiger charge is 2.26. The number of aliphatic hydroxyl groups excluding tert-OH is 1. The van der Waals surface area contributed by atoms with E-state index in [-0.39, 0.29) is 0 Å². The molecule has 1 aromatic carbocycles. The Morgan fingerprint density at radius 3 is 3.00 bits per heavy atom. The van der Waals surface area contributed by atoms with Crippen molar-refractivity contribution in [3.05, 3.63) is 35.1 Å². The lowest BCUT2D eigenvalue weighted by Gasteiger charge is -2.23. The van der Waals surface area contributed by atoms with Gasteiger partial charge in [-0.1, -0.05) is 23.7 Å². The molecule has 0 spiro atoms. The van der Waals surface area contributed by atoms with Crippen LogP contribution in [0.25, 0.3) is 11.4 Å². The van der Waals surface area contributed by atoms with E-state index < -0.39 is 6.23 Å². The summed E-state index contributed by atoms with van der Waals surface area (Å²) < 4.78 is 7.18. The number of methoxy groups -OCH3 is 1. The zero-order valence-corrected chi connectivity index (χ0v) is 11.4. The predicted octanol–water partition coefficient (Wildman–Crippen LogP) is 3.04. The molecule has 0 bridgehead atoms. The normalized spacial score (nSPS) is 18.2. The Morgan fingerprint density at radius 1 is 1.42 bits per heavy atom. The summed E-state index contributed by atoms with van der Waals surface area (Å²) in [5.74, 6) is 1.40. The molecule has 0 amide bonds. The van der Waals surface area contributed by atoms with E-state index in [0.29, 0.717) is 11.0 Å². The van der Waals surface area contributed by atoms with Gasteiger partial charge < -0.3 is 9.84 Å². The van der Waals surface area contributed by atoms with Crippen molar-refractivity contribution in [1.29, 1.82) is 0 Å². The highest BCUT2D eigenvalue weighted by molar-refractivity contribution is 6.30. The summed E-state index contributed by atoms with van der Waals surface area (Å²) in [5.41, 5.74) is 1.75. The molecule has 3 rings (SSSR count). The van der Waals surface area contributed by atoms with E-state index in [1.165, 1.54) is 0 Å². The minimum absolute atomic E-state index is 0.472. The van der Waals surface area contributed by atoms with Gasteiger partial charge in [-0.25, -0.2) is 4.98 Å². The summed E-state index contributed by atoms with van der Waals surface area (Å²) in [5, 5.41) is 10.7. The van der Waals surface area contributed by atoms with Crippen molar-refractivity contribution in [2.45, 2.75) is 25.5 Å². The van der Waals surface area contributed by atoms with Crippen molar-refractivity contribution in [2.24, 2.45) is 0 Å². The summed E-state index contributed by atoms with van der Waals surface area (Å²) in [6.07, 6.45) is 1.93. The second kappa shape index (κ2) is 4.87. The van der Waals surface area contributed by atoms with E-state index in [1.807, 2.05) is 28.8 Å². The maximum atomic E-state index is 10.2. The van der Waals surface area contributed by atoms with Crippen molar-refractivity contribution in [3.63, 3.8) is 0 Å². The molecule has 0 fully saturated rings. The fourth-order valence-corrected chi connectivity index (χ4v) is 2.85. The van der Waals surface area contributed by atoms with Gasteiger partial charge in [0.15, 0.2) is 5.15 Å². The Labute approximate surface area is 116 Å². The second-order valence-electron chi connectivity index (χ2n) is 4.62. The van der Waals surface area contributed by atoms with Crippen LogP contribution in [0.4, 0.5) is 0 Å². The number of fused-ring (bicyclic) bond motifs is 1. The number of rotatable bonds is 2. The van der Waals surface area contributed by atoms with Crippen LogP contribution in [-0.2, 0) is 6.42 Å². The van der Waals surface area contributed by atoms with Crippen molar-refractivity contribution in [2.75, 3.05) is 7.11 Å². The number of hydrogen-bond acceptors (Lipinski definition) is 3. The molecular weight excluding hydrogens is 264 g/mol. The Kier molecular flexibility index (Phi) is 3.21. The molecule has 5 heteroatoms. The smallest absolute Gasteiger partial charge is 0.151 e. The first-order chi connectivity index (χ1) is 9.22. The van der Waals surface area contributed by atoms with E-state index in [0.717, 1.165) is 36.3 Å². The largest absolute Gasteiger partial charge is 0.496 e. The molecule has 2 aromatic rings. The van der Waals surface area contributed by atoms with E-state index >= 15 is 0 Å². The van der Waals surface area contributed by atoms with Crippen LogP contribution in [0.5, 0.6) is 5.75 Å². The highest BCUT2D eigenvalue weighted by atomic mass is 35.5. The number of para-hydroxylation sites is 1. The SMILES string of the molecule is COc1ccccc1-c1nc(Cl)c2n1C(O)CCC2. The molecule has 100 valence electrons. The van der Waals surface area contributed by atoms with Gasteiger partial charge in [-0.3, -0.25) is 4.57 Å². The first-order valence-corrected chi connectivity index (χ1v) is 6.68. The van der Waals surface area contributed by atoms with Gasteiger partial charge in [0.05, 0.1) is 18.4 Å². The average molecular weight is 279 g/mol. The molecule has 1 N–H and O–H groups in total. The number of halogens is 1. The van der Waals surface area contributed by atoms with Crippen molar-refractivity contribution in [3.8, 4) is 17.1 Å². The molecule has 1 aliphatic rings. The summed E-state index contributed by atoms with van der Waals surface area (Å²) in [6.45, 7) is 0. The lowest BCUT2D eigenvalue weighted by atomic mass is 10.1. The zero-order chi connectivity index (χ0) is 13.4. The van der Waals surface area contributed by atoms with Crippen molar-refractivity contribution < 1.29 is 9.84 Å². The van der Waals surface area contributed by atoms with Crippen LogP contribution < -0.4 is 4.74 Å². The Morgan fingerprint density at radius 2 is 2.21 bits per heavy atom. The van der Waals surface area contributed by atoms with Gasteiger partial charge in [-0.05, 0) is 31.4 Å². The van der Waals surface area contributed by atoms with Gasteiger partial charge in [0.1, 0.15) is 17.8 Å². The number of imidazole rings is 1. The summed E-state index contributed by atoms with van der Waals surface area (Å²) in [6, 6.07) is 7.62. The van der Waals surface area contributed by atoms with Crippen LogP contribution in [0, 0.1) is 0 Å². The summed E-state index contributed by atoms with van der Waals surface area (Å²) in [7, 11) is 1.62. The standard InChI is InChI=1S/C14H15ClN2O2/c1-19-11-7-3-2-5-9(11)14-16-13(15)10-6-4-8-12(18)17(10)14/h2-3,5,7,12,18H,4,6,8H2,1H3. The third-order valence-electron chi connectivity index (χ3n) is 3.48. The van der Waals surface area contributed by atoms with Gasteiger partial charge in [-0.15, -0.1) is 0 Å². The molecule has 1 aromatic heterocycles. The number of aliphatic hydroxyl groups is 1. The molecule has 0 aliphatic carbocycles. The molecule has 1 aliphatic heterocycles. The molecule has 0 saturated carbocycles. The molecular formula is C14H15ClN2O2. The molecule has 4 nitrogen and oxygen atoms in total. The van der Waals surface area contributed by atoms with Crippen LogP contribution in [0.15, 0.2) is 24.3 Å². The van der Waals surface area contributed by atoms with Gasteiger partial charge in [-0.2, -0.15) is 0 Å². The third kappa shape index (κ3) is 2.01. The number of ether oxygens (including phenoxy) is 1. The first-order valence-electron chi connectivity index (χ1n) is 6.30. The first kappa shape index (κ1) is 12.5. The monoisotopic (exact) mass is 278 g/mol. The van der Waals surface area contributed by atoms with Crippen LogP contribution in [0.2, 0.25) is 5.15 Å². The van der Waals surface area contributed by atoms with Gasteiger partial charge in [0.25, 0.3) is 0 Å². The molecule has 0 radical (unpaired) electrons. The second-order valence-corrected chi connectivity index (χ2v) is 4.97. The summed E-state index contributed by atoms with van der Waals surface area (Å²) in [4.78, 5) is 4.41. The molecule has 2 heterocycles. The number of hydrogen-bond donors (Lipinski definition) is 1. The van der Waals surface area contributed by atoms with Gasteiger partial charge >= 0.3 is 0 Å². The van der Waals surface area contributed by atoms with Crippen LogP contribution >= 0.6 is 11.6 Å². The minimum atomic E-state index is -0.566. The zero-order valence-electron chi connectivity index (χ0n) is 10.6. The molecule has 19 heavy (non-hydrogen) atoms. The van der Waals surface area contributed by atoms with E-state index in [2.05, 4.69) is 4.98 Å². The number of nitrogens with zero attached hydrogens (tertiary/aromatic N) is 2. The van der Waals surface area contributed by atoms with Crippen molar-refractivity contribution in [1.82, 2.24) is 9.55 Å². The Hall–Kier alpha value is -1.52. The van der Waals surface area contributed by atoms with Crippen molar-refractivity contribution >= 4 is 11.6 Å². The van der Waals surface area contributed by atoms with Gasteiger partial charge in [0, 0.05) is 0 Å². The van der Waals surface area contributed by atoms with Crippen LogP contribution in [-0.4, -0.2) is 21.8 Å². The lowest BCUT2D eigenvalue weighted by Crippen LogP contribution is -2.18. The van der Waals surface area contributed by atoms with E-state index in [9.17, 15) is 5.11 Å².